The van der Waals surface area contributed by atoms with Crippen molar-refractivity contribution in [1.29, 1.82) is 0 Å². The fraction of sp³-hybridized carbons (Fsp3) is 0.182. The molecule has 0 unspecified atom stereocenters. The molecule has 0 spiro atoms. The van der Waals surface area contributed by atoms with Crippen molar-refractivity contribution >= 4 is 23.1 Å². The summed E-state index contributed by atoms with van der Waals surface area (Å²) < 4.78 is 43.6. The van der Waals surface area contributed by atoms with E-state index in [9.17, 15) is 18.0 Å². The average Bonchev–Trinajstić information content (AvgIpc) is 2.92. The van der Waals surface area contributed by atoms with Crippen LogP contribution in [0.3, 0.4) is 0 Å². The van der Waals surface area contributed by atoms with Gasteiger partial charge in [0.15, 0.2) is 0 Å². The van der Waals surface area contributed by atoms with Crippen LogP contribution in [-0.2, 0) is 6.54 Å². The number of carbonyl (C=O) groups excluding carboxylic acids is 1. The number of fused-ring (bicyclic) bond motifs is 1. The fourth-order valence-electron chi connectivity index (χ4n) is 1.85. The average molecular weight is 301 g/mol. The zero-order valence-electron chi connectivity index (χ0n) is 9.72. The number of nitrogens with zero attached hydrogens (tertiary/aromatic N) is 3. The molecule has 3 rings (SSSR count). The molecule has 104 valence electrons. The van der Waals surface area contributed by atoms with Crippen LogP contribution in [0, 0.1) is 0 Å². The Hall–Kier alpha value is -2.16. The SMILES string of the molecule is O=C1c2snnc2CN1c1ccc(OC(F)(F)F)cc1. The molecule has 0 bridgehead atoms. The molecule has 0 saturated carbocycles. The molecule has 2 heterocycles. The zero-order chi connectivity index (χ0) is 14.3. The van der Waals surface area contributed by atoms with Crippen molar-refractivity contribution < 1.29 is 22.7 Å². The molecule has 0 atom stereocenters. The van der Waals surface area contributed by atoms with Gasteiger partial charge < -0.3 is 9.64 Å². The van der Waals surface area contributed by atoms with Gasteiger partial charge in [-0.3, -0.25) is 4.79 Å². The summed E-state index contributed by atoms with van der Waals surface area (Å²) in [5.41, 5.74) is 1.06. The lowest BCUT2D eigenvalue weighted by molar-refractivity contribution is -0.274. The molecule has 1 aliphatic rings. The Balaban J connectivity index is 1.80. The third kappa shape index (κ3) is 2.31. The Morgan fingerprint density at radius 2 is 1.95 bits per heavy atom. The first-order valence-electron chi connectivity index (χ1n) is 5.43. The topological polar surface area (TPSA) is 55.3 Å². The molecule has 5 nitrogen and oxygen atoms in total. The molecule has 0 fully saturated rings. The molecule has 1 aromatic heterocycles. The van der Waals surface area contributed by atoms with Gasteiger partial charge in [-0.15, -0.1) is 18.3 Å². The Bertz CT molecular complexity index is 654. The highest BCUT2D eigenvalue weighted by atomic mass is 32.1. The minimum atomic E-state index is -4.73. The van der Waals surface area contributed by atoms with Gasteiger partial charge >= 0.3 is 6.36 Å². The van der Waals surface area contributed by atoms with E-state index >= 15 is 0 Å². The number of alkyl halides is 3. The van der Waals surface area contributed by atoms with Gasteiger partial charge in [-0.1, -0.05) is 4.49 Å². The lowest BCUT2D eigenvalue weighted by Crippen LogP contribution is -2.23. The molecule has 20 heavy (non-hydrogen) atoms. The van der Waals surface area contributed by atoms with E-state index in [1.807, 2.05) is 0 Å². The second-order valence-corrected chi connectivity index (χ2v) is 4.74. The van der Waals surface area contributed by atoms with Gasteiger partial charge in [-0.2, -0.15) is 0 Å². The number of halogens is 3. The standard InChI is InChI=1S/C11H6F3N3O2S/c12-11(13,14)19-7-3-1-6(2-4-7)17-5-8-9(10(17)18)20-16-15-8/h1-4H,5H2. The number of benzene rings is 1. The van der Waals surface area contributed by atoms with Gasteiger partial charge in [0.1, 0.15) is 16.3 Å². The molecule has 0 N–H and O–H groups in total. The van der Waals surface area contributed by atoms with E-state index in [1.165, 1.54) is 17.0 Å². The normalized spacial score (nSPS) is 14.6. The number of carbonyl (C=O) groups is 1. The first-order valence-corrected chi connectivity index (χ1v) is 6.20. The highest BCUT2D eigenvalue weighted by Crippen LogP contribution is 2.31. The van der Waals surface area contributed by atoms with Gasteiger partial charge in [0, 0.05) is 5.69 Å². The summed E-state index contributed by atoms with van der Waals surface area (Å²) in [5.74, 6) is -0.582. The largest absolute Gasteiger partial charge is 0.573 e. The van der Waals surface area contributed by atoms with Crippen LogP contribution in [-0.4, -0.2) is 21.9 Å². The summed E-state index contributed by atoms with van der Waals surface area (Å²) in [4.78, 5) is 13.9. The van der Waals surface area contributed by atoms with Crippen LogP contribution in [0.4, 0.5) is 18.9 Å². The van der Waals surface area contributed by atoms with E-state index in [4.69, 9.17) is 0 Å². The van der Waals surface area contributed by atoms with Gasteiger partial charge in [0.25, 0.3) is 5.91 Å². The summed E-state index contributed by atoms with van der Waals surface area (Å²) in [6.07, 6.45) is -4.73. The number of amides is 1. The van der Waals surface area contributed by atoms with E-state index in [2.05, 4.69) is 14.3 Å². The number of anilines is 1. The number of ether oxygens (including phenoxy) is 1. The molecule has 0 radical (unpaired) electrons. The predicted molar refractivity (Wildman–Crippen MR) is 63.5 cm³/mol. The van der Waals surface area contributed by atoms with Gasteiger partial charge in [-0.25, -0.2) is 0 Å². The number of hydrogen-bond acceptors (Lipinski definition) is 5. The highest BCUT2D eigenvalue weighted by molar-refractivity contribution is 7.08. The van der Waals surface area contributed by atoms with Crippen molar-refractivity contribution in [3.8, 4) is 5.75 Å². The van der Waals surface area contributed by atoms with Gasteiger partial charge in [0.2, 0.25) is 0 Å². The quantitative estimate of drug-likeness (QED) is 0.855. The molecule has 9 heteroatoms. The van der Waals surface area contributed by atoms with Crippen molar-refractivity contribution in [2.45, 2.75) is 12.9 Å². The fourth-order valence-corrected chi connectivity index (χ4v) is 2.48. The third-order valence-corrected chi connectivity index (χ3v) is 3.44. The van der Waals surface area contributed by atoms with Crippen LogP contribution in [0.25, 0.3) is 0 Å². The maximum Gasteiger partial charge on any atom is 0.573 e. The Labute approximate surface area is 114 Å². The molecule has 0 aliphatic carbocycles. The first kappa shape index (κ1) is 12.9. The molecule has 1 aromatic carbocycles. The van der Waals surface area contributed by atoms with Crippen molar-refractivity contribution in [2.75, 3.05) is 4.90 Å². The van der Waals surface area contributed by atoms with Crippen LogP contribution >= 0.6 is 11.5 Å². The summed E-state index contributed by atoms with van der Waals surface area (Å²) in [7, 11) is 0. The van der Waals surface area contributed by atoms with Crippen LogP contribution in [0.2, 0.25) is 0 Å². The lowest BCUT2D eigenvalue weighted by Gasteiger charge is -2.16. The maximum absolute atomic E-state index is 12.0. The Morgan fingerprint density at radius 3 is 2.55 bits per heavy atom. The second kappa shape index (κ2) is 4.44. The Morgan fingerprint density at radius 1 is 1.25 bits per heavy atom. The van der Waals surface area contributed by atoms with Crippen molar-refractivity contribution in [3.63, 3.8) is 0 Å². The maximum atomic E-state index is 12.0. The molecule has 0 saturated heterocycles. The second-order valence-electron chi connectivity index (χ2n) is 3.98. The van der Waals surface area contributed by atoms with Crippen molar-refractivity contribution in [2.24, 2.45) is 0 Å². The van der Waals surface area contributed by atoms with Crippen LogP contribution < -0.4 is 9.64 Å². The monoisotopic (exact) mass is 301 g/mol. The van der Waals surface area contributed by atoms with E-state index in [0.717, 1.165) is 23.7 Å². The van der Waals surface area contributed by atoms with E-state index in [1.54, 1.807) is 0 Å². The first-order chi connectivity index (χ1) is 9.44. The molecular formula is C11H6F3N3O2S. The van der Waals surface area contributed by atoms with E-state index in [0.29, 0.717) is 16.3 Å². The van der Waals surface area contributed by atoms with E-state index < -0.39 is 6.36 Å². The highest BCUT2D eigenvalue weighted by Gasteiger charge is 2.33. The Kier molecular flexibility index (Phi) is 2.85. The number of aromatic nitrogens is 2. The minimum Gasteiger partial charge on any atom is -0.406 e. The number of hydrogen-bond donors (Lipinski definition) is 0. The molecule has 1 amide bonds. The zero-order valence-corrected chi connectivity index (χ0v) is 10.5. The summed E-state index contributed by atoms with van der Waals surface area (Å²) in [5, 5.41) is 3.82. The smallest absolute Gasteiger partial charge is 0.406 e. The van der Waals surface area contributed by atoms with Crippen molar-refractivity contribution in [3.05, 3.63) is 34.8 Å². The molecule has 1 aliphatic heterocycles. The molecule has 2 aromatic rings. The summed E-state index contributed by atoms with van der Waals surface area (Å²) >= 11 is 1.00. The number of rotatable bonds is 2. The lowest BCUT2D eigenvalue weighted by atomic mass is 10.3. The van der Waals surface area contributed by atoms with Gasteiger partial charge in [-0.05, 0) is 35.8 Å². The summed E-state index contributed by atoms with van der Waals surface area (Å²) in [6.45, 7) is 0.268. The molecular weight excluding hydrogens is 295 g/mol. The van der Waals surface area contributed by atoms with Crippen LogP contribution in [0.5, 0.6) is 5.75 Å². The van der Waals surface area contributed by atoms with Crippen molar-refractivity contribution in [1.82, 2.24) is 9.59 Å². The van der Waals surface area contributed by atoms with Gasteiger partial charge in [0.05, 0.1) is 6.54 Å². The van der Waals surface area contributed by atoms with Crippen LogP contribution in [0.15, 0.2) is 24.3 Å². The minimum absolute atomic E-state index is 0.250. The van der Waals surface area contributed by atoms with E-state index in [-0.39, 0.29) is 18.2 Å². The van der Waals surface area contributed by atoms with Crippen LogP contribution in [0.1, 0.15) is 15.4 Å². The predicted octanol–water partition coefficient (Wildman–Crippen LogP) is 2.60. The third-order valence-electron chi connectivity index (χ3n) is 2.68. The summed E-state index contributed by atoms with van der Waals surface area (Å²) in [6, 6.07) is 5.11.